The summed E-state index contributed by atoms with van der Waals surface area (Å²) in [6.07, 6.45) is 0.855. The van der Waals surface area contributed by atoms with E-state index in [-0.39, 0.29) is 10.6 Å². The second-order valence-electron chi connectivity index (χ2n) is 4.79. The van der Waals surface area contributed by atoms with E-state index in [0.29, 0.717) is 29.5 Å². The molecule has 1 aliphatic rings. The van der Waals surface area contributed by atoms with Crippen molar-refractivity contribution in [2.24, 2.45) is 0 Å². The maximum atomic E-state index is 14.0. The van der Waals surface area contributed by atoms with Crippen molar-refractivity contribution >= 4 is 27.5 Å². The summed E-state index contributed by atoms with van der Waals surface area (Å²) in [5.41, 5.74) is 1.44. The molecule has 0 fully saturated rings. The molecule has 0 aliphatic carbocycles. The van der Waals surface area contributed by atoms with E-state index in [2.05, 4.69) is 15.9 Å². The number of rotatable bonds is 2. The Bertz CT molecular complexity index is 663. The normalized spacial score (nSPS) is 15.4. The molecule has 2 nitrogen and oxygen atoms in total. The van der Waals surface area contributed by atoms with Gasteiger partial charge in [0.25, 0.3) is 0 Å². The summed E-state index contributed by atoms with van der Waals surface area (Å²) < 4.78 is 25.3. The Morgan fingerprint density at radius 2 is 1.81 bits per heavy atom. The van der Waals surface area contributed by atoms with Gasteiger partial charge in [0.1, 0.15) is 5.82 Å². The molecule has 0 saturated carbocycles. The molecular weight excluding hydrogens is 359 g/mol. The lowest BCUT2D eigenvalue weighted by molar-refractivity contribution is 0.297. The monoisotopic (exact) mass is 370 g/mol. The van der Waals surface area contributed by atoms with Crippen molar-refractivity contribution in [3.05, 3.63) is 58.4 Å². The number of hydrogen-bond donors (Lipinski definition) is 0. The zero-order valence-corrected chi connectivity index (χ0v) is 13.5. The van der Waals surface area contributed by atoms with E-state index >= 15 is 0 Å². The van der Waals surface area contributed by atoms with Gasteiger partial charge in [0.2, 0.25) is 0 Å². The zero-order chi connectivity index (χ0) is 14.8. The molecular formula is C16H13BrClFO2. The Labute approximate surface area is 136 Å². The van der Waals surface area contributed by atoms with Crippen LogP contribution < -0.4 is 9.47 Å². The van der Waals surface area contributed by atoms with E-state index < -0.39 is 0 Å². The molecule has 0 bridgehead atoms. The Morgan fingerprint density at radius 1 is 1.05 bits per heavy atom. The third kappa shape index (κ3) is 3.16. The van der Waals surface area contributed by atoms with Gasteiger partial charge >= 0.3 is 0 Å². The molecule has 21 heavy (non-hydrogen) atoms. The van der Waals surface area contributed by atoms with Crippen molar-refractivity contribution < 1.29 is 13.9 Å². The van der Waals surface area contributed by atoms with Gasteiger partial charge in [0, 0.05) is 17.0 Å². The zero-order valence-electron chi connectivity index (χ0n) is 11.1. The molecule has 0 spiro atoms. The summed E-state index contributed by atoms with van der Waals surface area (Å²) in [5, 5.41) is 0.384. The standard InChI is InChI=1S/C16H13BrClFO2/c17-16(12-4-3-11(18)9-13(12)19)10-2-5-14-15(8-10)21-7-1-6-20-14/h2-5,8-9,16H,1,6-7H2. The van der Waals surface area contributed by atoms with Crippen LogP contribution >= 0.6 is 27.5 Å². The Hall–Kier alpha value is -1.26. The predicted octanol–water partition coefficient (Wildman–Crippen LogP) is 5.12. The van der Waals surface area contributed by atoms with Gasteiger partial charge in [-0.3, -0.25) is 0 Å². The van der Waals surface area contributed by atoms with Crippen LogP contribution in [0.15, 0.2) is 36.4 Å². The summed E-state index contributed by atoms with van der Waals surface area (Å²) >= 11 is 9.33. The molecule has 0 amide bonds. The molecule has 0 saturated heterocycles. The van der Waals surface area contributed by atoms with E-state index in [1.54, 1.807) is 12.1 Å². The lowest BCUT2D eigenvalue weighted by Crippen LogP contribution is -1.99. The van der Waals surface area contributed by atoms with Crippen LogP contribution in [0.5, 0.6) is 11.5 Å². The number of benzene rings is 2. The summed E-state index contributed by atoms with van der Waals surface area (Å²) in [4.78, 5) is -0.271. The molecule has 1 heterocycles. The van der Waals surface area contributed by atoms with E-state index in [0.717, 1.165) is 17.7 Å². The highest BCUT2D eigenvalue weighted by atomic mass is 79.9. The molecule has 2 aromatic rings. The van der Waals surface area contributed by atoms with Crippen LogP contribution in [0.1, 0.15) is 22.4 Å². The highest BCUT2D eigenvalue weighted by Crippen LogP contribution is 2.38. The second kappa shape index (κ2) is 6.24. The predicted molar refractivity (Wildman–Crippen MR) is 84.2 cm³/mol. The molecule has 1 unspecified atom stereocenters. The quantitative estimate of drug-likeness (QED) is 0.682. The largest absolute Gasteiger partial charge is 0.490 e. The maximum absolute atomic E-state index is 14.0. The SMILES string of the molecule is Fc1cc(Cl)ccc1C(Br)c1ccc2c(c1)OCCCO2. The molecule has 0 N–H and O–H groups in total. The van der Waals surface area contributed by atoms with Crippen molar-refractivity contribution in [3.8, 4) is 11.5 Å². The van der Waals surface area contributed by atoms with Gasteiger partial charge in [-0.25, -0.2) is 4.39 Å². The fourth-order valence-corrected chi connectivity index (χ4v) is 3.04. The smallest absolute Gasteiger partial charge is 0.161 e. The first kappa shape index (κ1) is 14.7. The van der Waals surface area contributed by atoms with Gasteiger partial charge in [0.05, 0.1) is 18.0 Å². The molecule has 110 valence electrons. The minimum Gasteiger partial charge on any atom is -0.490 e. The number of alkyl halides is 1. The van der Waals surface area contributed by atoms with Crippen molar-refractivity contribution in [1.82, 2.24) is 0 Å². The second-order valence-corrected chi connectivity index (χ2v) is 6.14. The lowest BCUT2D eigenvalue weighted by Gasteiger charge is -2.14. The molecule has 5 heteroatoms. The van der Waals surface area contributed by atoms with Gasteiger partial charge < -0.3 is 9.47 Å². The molecule has 0 radical (unpaired) electrons. The van der Waals surface area contributed by atoms with E-state index in [1.807, 2.05) is 18.2 Å². The molecule has 3 rings (SSSR count). The molecule has 0 aromatic heterocycles. The van der Waals surface area contributed by atoms with Gasteiger partial charge in [-0.05, 0) is 29.8 Å². The highest BCUT2D eigenvalue weighted by molar-refractivity contribution is 9.09. The number of halogens is 3. The lowest BCUT2D eigenvalue weighted by atomic mass is 10.0. The van der Waals surface area contributed by atoms with Crippen molar-refractivity contribution in [3.63, 3.8) is 0 Å². The van der Waals surface area contributed by atoms with Crippen LogP contribution in [0.3, 0.4) is 0 Å². The fourth-order valence-electron chi connectivity index (χ4n) is 2.22. The van der Waals surface area contributed by atoms with Gasteiger partial charge in [-0.1, -0.05) is 39.7 Å². The number of hydrogen-bond acceptors (Lipinski definition) is 2. The first-order valence-corrected chi connectivity index (χ1v) is 7.93. The maximum Gasteiger partial charge on any atom is 0.161 e. The third-order valence-electron chi connectivity index (χ3n) is 3.30. The average molecular weight is 372 g/mol. The summed E-state index contributed by atoms with van der Waals surface area (Å²) in [5.74, 6) is 1.09. The van der Waals surface area contributed by atoms with Crippen LogP contribution in [-0.4, -0.2) is 13.2 Å². The minimum absolute atomic E-state index is 0.271. The topological polar surface area (TPSA) is 18.5 Å². The summed E-state index contributed by atoms with van der Waals surface area (Å²) in [6.45, 7) is 1.27. The van der Waals surface area contributed by atoms with E-state index in [4.69, 9.17) is 21.1 Å². The van der Waals surface area contributed by atoms with Gasteiger partial charge in [-0.15, -0.1) is 0 Å². The van der Waals surface area contributed by atoms with E-state index in [1.165, 1.54) is 6.07 Å². The summed E-state index contributed by atoms with van der Waals surface area (Å²) in [6, 6.07) is 10.3. The van der Waals surface area contributed by atoms with E-state index in [9.17, 15) is 4.39 Å². The fraction of sp³-hybridized carbons (Fsp3) is 0.250. The average Bonchev–Trinajstić information content (AvgIpc) is 2.71. The van der Waals surface area contributed by atoms with Gasteiger partial charge in [-0.2, -0.15) is 0 Å². The van der Waals surface area contributed by atoms with Crippen molar-refractivity contribution in [1.29, 1.82) is 0 Å². The van der Waals surface area contributed by atoms with Crippen LogP contribution in [-0.2, 0) is 0 Å². The number of fused-ring (bicyclic) bond motifs is 1. The highest BCUT2D eigenvalue weighted by Gasteiger charge is 2.18. The molecule has 2 aromatic carbocycles. The Kier molecular flexibility index (Phi) is 4.36. The molecule has 1 atom stereocenters. The van der Waals surface area contributed by atoms with Crippen LogP contribution in [0, 0.1) is 5.82 Å². The Morgan fingerprint density at radius 3 is 2.57 bits per heavy atom. The third-order valence-corrected chi connectivity index (χ3v) is 4.56. The first-order chi connectivity index (χ1) is 10.1. The van der Waals surface area contributed by atoms with Crippen molar-refractivity contribution in [2.75, 3.05) is 13.2 Å². The summed E-state index contributed by atoms with van der Waals surface area (Å²) in [7, 11) is 0. The van der Waals surface area contributed by atoms with Crippen LogP contribution in [0.2, 0.25) is 5.02 Å². The first-order valence-electron chi connectivity index (χ1n) is 6.64. The van der Waals surface area contributed by atoms with Gasteiger partial charge in [0.15, 0.2) is 11.5 Å². The van der Waals surface area contributed by atoms with Crippen LogP contribution in [0.4, 0.5) is 4.39 Å². The van der Waals surface area contributed by atoms with Crippen molar-refractivity contribution in [2.45, 2.75) is 11.2 Å². The number of ether oxygens (including phenoxy) is 2. The minimum atomic E-state index is -0.337. The Balaban J connectivity index is 1.94. The van der Waals surface area contributed by atoms with Crippen LogP contribution in [0.25, 0.3) is 0 Å². The molecule has 1 aliphatic heterocycles.